The third-order valence-corrected chi connectivity index (χ3v) is 3.32. The Morgan fingerprint density at radius 1 is 1.45 bits per heavy atom. The number of hydrogen-bond acceptors (Lipinski definition) is 4. The van der Waals surface area contributed by atoms with E-state index in [1.807, 2.05) is 0 Å². The number of aromatic nitrogens is 2. The molecule has 0 saturated heterocycles. The van der Waals surface area contributed by atoms with E-state index in [0.29, 0.717) is 16.5 Å². The standard InChI is InChI=1S/C14H14ClN3O4/c1-8(14(20)21)18-7-9(6-16-18)13(19)17-10-3-4-12(22-2)11(15)5-10/h3-8H,1-2H3,(H,17,19)(H,20,21). The topological polar surface area (TPSA) is 93.5 Å². The van der Waals surface area contributed by atoms with Crippen LogP contribution < -0.4 is 10.1 Å². The third-order valence-electron chi connectivity index (χ3n) is 3.03. The van der Waals surface area contributed by atoms with Gasteiger partial charge in [0.1, 0.15) is 11.8 Å². The minimum atomic E-state index is -1.03. The van der Waals surface area contributed by atoms with Crippen LogP contribution in [0.15, 0.2) is 30.6 Å². The summed E-state index contributed by atoms with van der Waals surface area (Å²) in [5.74, 6) is -0.940. The SMILES string of the molecule is COc1ccc(NC(=O)c2cnn(C(C)C(=O)O)c2)cc1Cl. The fourth-order valence-electron chi connectivity index (χ4n) is 1.73. The van der Waals surface area contributed by atoms with Crippen LogP contribution in [-0.2, 0) is 4.79 Å². The highest BCUT2D eigenvalue weighted by atomic mass is 35.5. The van der Waals surface area contributed by atoms with Gasteiger partial charge in [0.2, 0.25) is 0 Å². The Kier molecular flexibility index (Phi) is 4.67. The normalized spacial score (nSPS) is 11.8. The van der Waals surface area contributed by atoms with Crippen molar-refractivity contribution < 1.29 is 19.4 Å². The van der Waals surface area contributed by atoms with Crippen LogP contribution >= 0.6 is 11.6 Å². The molecule has 0 spiro atoms. The zero-order chi connectivity index (χ0) is 16.3. The van der Waals surface area contributed by atoms with Crippen molar-refractivity contribution in [2.24, 2.45) is 0 Å². The number of anilines is 1. The molecule has 1 unspecified atom stereocenters. The molecular formula is C14H14ClN3O4. The zero-order valence-electron chi connectivity index (χ0n) is 11.9. The molecule has 0 fully saturated rings. The molecule has 1 amide bonds. The van der Waals surface area contributed by atoms with Crippen LogP contribution in [0.3, 0.4) is 0 Å². The highest BCUT2D eigenvalue weighted by molar-refractivity contribution is 6.32. The van der Waals surface area contributed by atoms with Gasteiger partial charge < -0.3 is 15.2 Å². The number of carbonyl (C=O) groups is 2. The summed E-state index contributed by atoms with van der Waals surface area (Å²) in [5, 5.41) is 15.8. The Labute approximate surface area is 131 Å². The summed E-state index contributed by atoms with van der Waals surface area (Å²) in [6.07, 6.45) is 2.68. The lowest BCUT2D eigenvalue weighted by molar-refractivity contribution is -0.140. The Morgan fingerprint density at radius 3 is 2.77 bits per heavy atom. The Hall–Kier alpha value is -2.54. The van der Waals surface area contributed by atoms with E-state index in [2.05, 4.69) is 10.4 Å². The van der Waals surface area contributed by atoms with Gasteiger partial charge in [0.15, 0.2) is 0 Å². The first-order valence-corrected chi connectivity index (χ1v) is 6.72. The molecule has 1 heterocycles. The number of aliphatic carboxylic acids is 1. The van der Waals surface area contributed by atoms with Crippen molar-refractivity contribution in [3.05, 3.63) is 41.2 Å². The molecule has 0 radical (unpaired) electrons. The van der Waals surface area contributed by atoms with Crippen LogP contribution in [0, 0.1) is 0 Å². The van der Waals surface area contributed by atoms with Crippen LogP contribution in [0.4, 0.5) is 5.69 Å². The van der Waals surface area contributed by atoms with Crippen molar-refractivity contribution in [2.75, 3.05) is 12.4 Å². The first-order valence-electron chi connectivity index (χ1n) is 6.34. The molecule has 2 aromatic rings. The summed E-state index contributed by atoms with van der Waals surface area (Å²) < 4.78 is 6.23. The molecule has 0 aliphatic carbocycles. The molecule has 7 nitrogen and oxygen atoms in total. The number of rotatable bonds is 5. The van der Waals surface area contributed by atoms with E-state index in [4.69, 9.17) is 21.4 Å². The quantitative estimate of drug-likeness (QED) is 0.881. The van der Waals surface area contributed by atoms with E-state index in [0.717, 1.165) is 0 Å². The lowest BCUT2D eigenvalue weighted by Crippen LogP contribution is -2.16. The van der Waals surface area contributed by atoms with Gasteiger partial charge in [0, 0.05) is 11.9 Å². The fourth-order valence-corrected chi connectivity index (χ4v) is 1.99. The molecule has 1 atom stereocenters. The van der Waals surface area contributed by atoms with E-state index in [1.165, 1.54) is 31.1 Å². The molecule has 116 valence electrons. The minimum absolute atomic E-state index is 0.250. The zero-order valence-corrected chi connectivity index (χ0v) is 12.7. The molecule has 0 aliphatic rings. The molecule has 0 saturated carbocycles. The molecule has 1 aromatic carbocycles. The van der Waals surface area contributed by atoms with Crippen molar-refractivity contribution in [3.8, 4) is 5.75 Å². The van der Waals surface area contributed by atoms with Gasteiger partial charge in [0.25, 0.3) is 5.91 Å². The Bertz CT molecular complexity index is 714. The van der Waals surface area contributed by atoms with Crippen molar-refractivity contribution in [1.82, 2.24) is 9.78 Å². The first-order chi connectivity index (χ1) is 10.4. The van der Waals surface area contributed by atoms with Gasteiger partial charge in [-0.3, -0.25) is 9.48 Å². The highest BCUT2D eigenvalue weighted by Crippen LogP contribution is 2.27. The number of amides is 1. The van der Waals surface area contributed by atoms with E-state index in [9.17, 15) is 9.59 Å². The number of halogens is 1. The average Bonchev–Trinajstić information content (AvgIpc) is 2.96. The second-order valence-electron chi connectivity index (χ2n) is 4.53. The summed E-state index contributed by atoms with van der Waals surface area (Å²) in [5.41, 5.74) is 0.745. The van der Waals surface area contributed by atoms with Crippen molar-refractivity contribution in [2.45, 2.75) is 13.0 Å². The summed E-state index contributed by atoms with van der Waals surface area (Å²) in [4.78, 5) is 23.0. The summed E-state index contributed by atoms with van der Waals surface area (Å²) in [6.45, 7) is 1.47. The number of benzene rings is 1. The largest absolute Gasteiger partial charge is 0.495 e. The van der Waals surface area contributed by atoms with Crippen molar-refractivity contribution in [3.63, 3.8) is 0 Å². The maximum Gasteiger partial charge on any atom is 0.328 e. The van der Waals surface area contributed by atoms with Crippen LogP contribution in [0.2, 0.25) is 5.02 Å². The first kappa shape index (κ1) is 15.8. The second-order valence-corrected chi connectivity index (χ2v) is 4.93. The van der Waals surface area contributed by atoms with Gasteiger partial charge in [-0.15, -0.1) is 0 Å². The second kappa shape index (κ2) is 6.48. The number of methoxy groups -OCH3 is 1. The average molecular weight is 324 g/mol. The van der Waals surface area contributed by atoms with Crippen LogP contribution in [0.1, 0.15) is 23.3 Å². The summed E-state index contributed by atoms with van der Waals surface area (Å²) in [6, 6.07) is 3.99. The number of carboxylic acid groups (broad SMARTS) is 1. The van der Waals surface area contributed by atoms with Gasteiger partial charge in [-0.25, -0.2) is 4.79 Å². The number of carboxylic acids is 1. The molecule has 2 rings (SSSR count). The van der Waals surface area contributed by atoms with E-state index in [-0.39, 0.29) is 5.56 Å². The lowest BCUT2D eigenvalue weighted by atomic mass is 10.2. The smallest absolute Gasteiger partial charge is 0.328 e. The summed E-state index contributed by atoms with van der Waals surface area (Å²) >= 11 is 5.98. The molecule has 1 aromatic heterocycles. The van der Waals surface area contributed by atoms with Gasteiger partial charge in [-0.1, -0.05) is 11.6 Å². The Morgan fingerprint density at radius 2 is 2.18 bits per heavy atom. The molecule has 0 bridgehead atoms. The summed E-state index contributed by atoms with van der Waals surface area (Å²) in [7, 11) is 1.50. The van der Waals surface area contributed by atoms with Crippen molar-refractivity contribution in [1.29, 1.82) is 0 Å². The predicted octanol–water partition coefficient (Wildman–Crippen LogP) is 2.44. The van der Waals surface area contributed by atoms with Crippen LogP contribution in [0.5, 0.6) is 5.75 Å². The van der Waals surface area contributed by atoms with Crippen molar-refractivity contribution >= 4 is 29.2 Å². The van der Waals surface area contributed by atoms with E-state index < -0.39 is 17.9 Å². The lowest BCUT2D eigenvalue weighted by Gasteiger charge is -2.07. The number of carbonyl (C=O) groups excluding carboxylic acids is 1. The van der Waals surface area contributed by atoms with Gasteiger partial charge in [0.05, 0.1) is 23.9 Å². The molecule has 8 heteroatoms. The minimum Gasteiger partial charge on any atom is -0.495 e. The van der Waals surface area contributed by atoms with E-state index in [1.54, 1.807) is 18.2 Å². The van der Waals surface area contributed by atoms with E-state index >= 15 is 0 Å². The highest BCUT2D eigenvalue weighted by Gasteiger charge is 2.17. The van der Waals surface area contributed by atoms with Crippen LogP contribution in [-0.4, -0.2) is 33.9 Å². The number of ether oxygens (including phenoxy) is 1. The number of nitrogens with zero attached hydrogens (tertiary/aromatic N) is 2. The number of hydrogen-bond donors (Lipinski definition) is 2. The number of nitrogens with one attached hydrogen (secondary N) is 1. The third kappa shape index (κ3) is 3.37. The Balaban J connectivity index is 2.12. The van der Waals surface area contributed by atoms with Gasteiger partial charge >= 0.3 is 5.97 Å². The molecular weight excluding hydrogens is 310 g/mol. The van der Waals surface area contributed by atoms with Gasteiger partial charge in [-0.05, 0) is 25.1 Å². The monoisotopic (exact) mass is 323 g/mol. The maximum absolute atomic E-state index is 12.1. The van der Waals surface area contributed by atoms with Crippen LogP contribution in [0.25, 0.3) is 0 Å². The molecule has 0 aliphatic heterocycles. The molecule has 22 heavy (non-hydrogen) atoms. The predicted molar refractivity (Wildman–Crippen MR) is 80.5 cm³/mol. The molecule has 2 N–H and O–H groups in total. The maximum atomic E-state index is 12.1. The fraction of sp³-hybridized carbons (Fsp3) is 0.214. The van der Waals surface area contributed by atoms with Gasteiger partial charge in [-0.2, -0.15) is 5.10 Å².